The van der Waals surface area contributed by atoms with Crippen molar-refractivity contribution in [3.63, 3.8) is 0 Å². The fraction of sp³-hybridized carbons (Fsp3) is 0.238. The number of aromatic nitrogens is 1. The maximum absolute atomic E-state index is 14.7. The molecule has 132 valence electrons. The third-order valence-corrected chi connectivity index (χ3v) is 4.26. The van der Waals surface area contributed by atoms with Crippen molar-refractivity contribution in [2.75, 3.05) is 6.61 Å². The first-order chi connectivity index (χ1) is 12.6. The normalized spacial score (nSPS) is 10.7. The molecule has 0 saturated carbocycles. The number of ether oxygens (including phenoxy) is 1. The number of nitrogens with one attached hydrogen (secondary N) is 1. The molecule has 0 spiro atoms. The van der Waals surface area contributed by atoms with Gasteiger partial charge < -0.3 is 9.72 Å². The van der Waals surface area contributed by atoms with Gasteiger partial charge in [-0.25, -0.2) is 4.39 Å². The Morgan fingerprint density at radius 2 is 1.92 bits per heavy atom. The molecule has 1 aromatic heterocycles. The fourth-order valence-electron chi connectivity index (χ4n) is 2.99. The molecule has 0 aliphatic heterocycles. The zero-order valence-corrected chi connectivity index (χ0v) is 14.7. The number of hydrogen-bond donors (Lipinski definition) is 1. The standard InChI is InChI=1S/C21H19FN2O2/c1-3-4-9-26-20-15-8-6-5-7-14(15)19(22)11-17(20)16-10-13(2)24-21(25)18(16)12-23/h5-8,10-11H,3-4,9H2,1-2H3,(H,24,25). The second kappa shape index (κ2) is 7.40. The number of benzene rings is 2. The lowest BCUT2D eigenvalue weighted by Crippen LogP contribution is -2.13. The number of H-pyrrole nitrogens is 1. The topological polar surface area (TPSA) is 65.9 Å². The van der Waals surface area contributed by atoms with Crippen LogP contribution in [-0.2, 0) is 0 Å². The number of aryl methyl sites for hydroxylation is 1. The van der Waals surface area contributed by atoms with Crippen LogP contribution in [0.3, 0.4) is 0 Å². The number of nitriles is 1. The van der Waals surface area contributed by atoms with Crippen molar-refractivity contribution in [3.8, 4) is 22.9 Å². The molecule has 0 atom stereocenters. The molecule has 2 aromatic carbocycles. The average Bonchev–Trinajstić information content (AvgIpc) is 2.63. The first-order valence-corrected chi connectivity index (χ1v) is 8.55. The molecule has 0 saturated heterocycles. The van der Waals surface area contributed by atoms with E-state index in [4.69, 9.17) is 4.74 Å². The average molecular weight is 350 g/mol. The van der Waals surface area contributed by atoms with Gasteiger partial charge in [-0.1, -0.05) is 37.6 Å². The Balaban J connectivity index is 2.34. The van der Waals surface area contributed by atoms with Crippen molar-refractivity contribution in [2.45, 2.75) is 26.7 Å². The predicted molar refractivity (Wildman–Crippen MR) is 99.8 cm³/mol. The Kier molecular flexibility index (Phi) is 5.04. The third kappa shape index (κ3) is 3.18. The molecule has 0 aliphatic carbocycles. The highest BCUT2D eigenvalue weighted by molar-refractivity contribution is 5.96. The first-order valence-electron chi connectivity index (χ1n) is 8.55. The highest BCUT2D eigenvalue weighted by Gasteiger charge is 2.19. The van der Waals surface area contributed by atoms with Gasteiger partial charge in [-0.15, -0.1) is 0 Å². The van der Waals surface area contributed by atoms with Gasteiger partial charge in [-0.05, 0) is 25.5 Å². The maximum Gasteiger partial charge on any atom is 0.266 e. The first kappa shape index (κ1) is 17.7. The molecule has 0 fully saturated rings. The van der Waals surface area contributed by atoms with Crippen LogP contribution < -0.4 is 10.3 Å². The second-order valence-corrected chi connectivity index (χ2v) is 6.16. The number of rotatable bonds is 5. The lowest BCUT2D eigenvalue weighted by molar-refractivity contribution is 0.314. The van der Waals surface area contributed by atoms with E-state index in [1.165, 1.54) is 6.07 Å². The van der Waals surface area contributed by atoms with E-state index in [1.54, 1.807) is 31.2 Å². The third-order valence-electron chi connectivity index (χ3n) is 4.26. The van der Waals surface area contributed by atoms with E-state index in [9.17, 15) is 14.4 Å². The van der Waals surface area contributed by atoms with Crippen LogP contribution in [0.1, 0.15) is 31.0 Å². The quantitative estimate of drug-likeness (QED) is 0.679. The number of hydrogen-bond acceptors (Lipinski definition) is 3. The molecule has 3 rings (SSSR count). The molecule has 26 heavy (non-hydrogen) atoms. The summed E-state index contributed by atoms with van der Waals surface area (Å²) in [5.74, 6) is 0.0808. The summed E-state index contributed by atoms with van der Waals surface area (Å²) < 4.78 is 20.7. The summed E-state index contributed by atoms with van der Waals surface area (Å²) in [6, 6.07) is 12.0. The van der Waals surface area contributed by atoms with Crippen LogP contribution in [0.4, 0.5) is 4.39 Å². The maximum atomic E-state index is 14.7. The minimum Gasteiger partial charge on any atom is -0.492 e. The number of unbranched alkanes of at least 4 members (excludes halogenated alkanes) is 1. The van der Waals surface area contributed by atoms with Crippen molar-refractivity contribution in [3.05, 3.63) is 63.8 Å². The number of fused-ring (bicyclic) bond motifs is 1. The molecule has 3 aromatic rings. The smallest absolute Gasteiger partial charge is 0.266 e. The Bertz CT molecular complexity index is 1060. The van der Waals surface area contributed by atoms with Crippen molar-refractivity contribution < 1.29 is 9.13 Å². The van der Waals surface area contributed by atoms with Gasteiger partial charge >= 0.3 is 0 Å². The van der Waals surface area contributed by atoms with Gasteiger partial charge in [0.1, 0.15) is 23.2 Å². The van der Waals surface area contributed by atoms with Gasteiger partial charge in [0.2, 0.25) is 0 Å². The van der Waals surface area contributed by atoms with Gasteiger partial charge in [0.05, 0.1) is 6.61 Å². The Labute approximate surface area is 150 Å². The highest BCUT2D eigenvalue weighted by atomic mass is 19.1. The second-order valence-electron chi connectivity index (χ2n) is 6.16. The largest absolute Gasteiger partial charge is 0.492 e. The number of pyridine rings is 1. The Morgan fingerprint density at radius 3 is 2.62 bits per heavy atom. The molecule has 5 heteroatoms. The monoisotopic (exact) mass is 350 g/mol. The number of aromatic amines is 1. The van der Waals surface area contributed by atoms with Crippen molar-refractivity contribution in [1.82, 2.24) is 4.98 Å². The van der Waals surface area contributed by atoms with Gasteiger partial charge in [0.15, 0.2) is 0 Å². The van der Waals surface area contributed by atoms with Gasteiger partial charge in [0, 0.05) is 27.6 Å². The number of halogens is 1. The molecule has 4 nitrogen and oxygen atoms in total. The van der Waals surface area contributed by atoms with Crippen LogP contribution in [0.25, 0.3) is 21.9 Å². The summed E-state index contributed by atoms with van der Waals surface area (Å²) in [4.78, 5) is 14.8. The molecule has 0 bridgehead atoms. The minimum absolute atomic E-state index is 0.0503. The van der Waals surface area contributed by atoms with E-state index in [-0.39, 0.29) is 5.56 Å². The van der Waals surface area contributed by atoms with Crippen molar-refractivity contribution in [2.24, 2.45) is 0 Å². The van der Waals surface area contributed by atoms with E-state index in [0.29, 0.717) is 39.9 Å². The van der Waals surface area contributed by atoms with Gasteiger partial charge in [-0.2, -0.15) is 5.26 Å². The Hall–Kier alpha value is -3.13. The van der Waals surface area contributed by atoms with E-state index in [0.717, 1.165) is 12.8 Å². The van der Waals surface area contributed by atoms with E-state index in [2.05, 4.69) is 11.9 Å². The lowest BCUT2D eigenvalue weighted by atomic mass is 9.96. The summed E-state index contributed by atoms with van der Waals surface area (Å²) in [5, 5.41) is 10.5. The van der Waals surface area contributed by atoms with Crippen molar-refractivity contribution >= 4 is 10.8 Å². The summed E-state index contributed by atoms with van der Waals surface area (Å²) >= 11 is 0. The summed E-state index contributed by atoms with van der Waals surface area (Å²) in [7, 11) is 0. The molecule has 1 N–H and O–H groups in total. The zero-order valence-electron chi connectivity index (χ0n) is 14.7. The van der Waals surface area contributed by atoms with Crippen LogP contribution in [0.2, 0.25) is 0 Å². The SMILES string of the molecule is CCCCOc1c(-c2cc(C)[nH]c(=O)c2C#N)cc(F)c2ccccc12. The van der Waals surface area contributed by atoms with E-state index in [1.807, 2.05) is 12.1 Å². The van der Waals surface area contributed by atoms with E-state index < -0.39 is 11.4 Å². The predicted octanol–water partition coefficient (Wildman–Crippen LogP) is 4.69. The molecule has 0 unspecified atom stereocenters. The van der Waals surface area contributed by atoms with Crippen molar-refractivity contribution in [1.29, 1.82) is 5.26 Å². The summed E-state index contributed by atoms with van der Waals surface area (Å²) in [6.07, 6.45) is 1.81. The summed E-state index contributed by atoms with van der Waals surface area (Å²) in [5.41, 5.74) is 0.853. The van der Waals surface area contributed by atoms with Crippen LogP contribution in [0.5, 0.6) is 5.75 Å². The van der Waals surface area contributed by atoms with Crippen LogP contribution in [0.15, 0.2) is 41.2 Å². The highest BCUT2D eigenvalue weighted by Crippen LogP contribution is 2.39. The lowest BCUT2D eigenvalue weighted by Gasteiger charge is -2.16. The fourth-order valence-corrected chi connectivity index (χ4v) is 2.99. The van der Waals surface area contributed by atoms with E-state index >= 15 is 0 Å². The summed E-state index contributed by atoms with van der Waals surface area (Å²) in [6.45, 7) is 4.26. The number of nitrogens with zero attached hydrogens (tertiary/aromatic N) is 1. The molecule has 1 heterocycles. The van der Waals surface area contributed by atoms with Gasteiger partial charge in [0.25, 0.3) is 5.56 Å². The molecule has 0 aliphatic rings. The van der Waals surface area contributed by atoms with Crippen LogP contribution >= 0.6 is 0 Å². The minimum atomic E-state index is -0.490. The van der Waals surface area contributed by atoms with Gasteiger partial charge in [-0.3, -0.25) is 4.79 Å². The molecular weight excluding hydrogens is 331 g/mol. The molecule has 0 amide bonds. The van der Waals surface area contributed by atoms with Crippen LogP contribution in [-0.4, -0.2) is 11.6 Å². The molecule has 0 radical (unpaired) electrons. The van der Waals surface area contributed by atoms with Crippen LogP contribution in [0, 0.1) is 24.1 Å². The molecular formula is C21H19FN2O2. The zero-order chi connectivity index (χ0) is 18.7. The Morgan fingerprint density at radius 1 is 1.19 bits per heavy atom.